The van der Waals surface area contributed by atoms with Crippen molar-refractivity contribution in [2.24, 2.45) is 7.05 Å². The first-order chi connectivity index (χ1) is 11.0. The van der Waals surface area contributed by atoms with Gasteiger partial charge in [0.1, 0.15) is 0 Å². The van der Waals surface area contributed by atoms with Gasteiger partial charge < -0.3 is 4.52 Å². The summed E-state index contributed by atoms with van der Waals surface area (Å²) in [5.41, 5.74) is 2.05. The molecular formula is C16H23N5O2. The normalized spacial score (nSPS) is 18.0. The van der Waals surface area contributed by atoms with Gasteiger partial charge in [0.2, 0.25) is 11.8 Å². The van der Waals surface area contributed by atoms with Crippen LogP contribution in [0.4, 0.5) is 5.88 Å². The summed E-state index contributed by atoms with van der Waals surface area (Å²) in [6.07, 6.45) is 6.13. The van der Waals surface area contributed by atoms with E-state index in [0.29, 0.717) is 11.8 Å². The quantitative estimate of drug-likeness (QED) is 0.932. The number of aryl methyl sites for hydroxylation is 2. The average molecular weight is 317 g/mol. The molecule has 0 radical (unpaired) electrons. The number of carbonyl (C=O) groups is 1. The van der Waals surface area contributed by atoms with E-state index in [1.165, 1.54) is 5.56 Å². The number of hydrogen-bond acceptors (Lipinski definition) is 5. The number of rotatable bonds is 4. The molecule has 1 saturated heterocycles. The highest BCUT2D eigenvalue weighted by atomic mass is 16.5. The molecule has 0 bridgehead atoms. The smallest absolute Gasteiger partial charge is 0.243 e. The molecule has 1 aliphatic heterocycles. The number of likely N-dealkylation sites (tertiary alicyclic amines) is 1. The van der Waals surface area contributed by atoms with Crippen LogP contribution in [0.2, 0.25) is 0 Å². The molecule has 0 saturated carbocycles. The lowest BCUT2D eigenvalue weighted by molar-refractivity contribution is -0.121. The molecule has 2 aromatic heterocycles. The Bertz CT molecular complexity index is 670. The summed E-state index contributed by atoms with van der Waals surface area (Å²) >= 11 is 0. The third-order valence-corrected chi connectivity index (χ3v) is 4.53. The number of nitrogens with zero attached hydrogens (tertiary/aromatic N) is 4. The van der Waals surface area contributed by atoms with Crippen LogP contribution < -0.4 is 5.32 Å². The SMILES string of the molecule is Cc1cc(NC(=O)[C@@H](C)N2CCC(c3cnn(C)c3)CC2)on1. The zero-order chi connectivity index (χ0) is 16.4. The standard InChI is InChI=1S/C16H23N5O2/c1-11-8-15(23-19-11)18-16(22)12(2)21-6-4-13(5-7-21)14-9-17-20(3)10-14/h8-10,12-13H,4-7H2,1-3H3,(H,18,22)/t12-/m1/s1. The summed E-state index contributed by atoms with van der Waals surface area (Å²) in [6, 6.07) is 1.54. The van der Waals surface area contributed by atoms with Crippen LogP contribution in [0.15, 0.2) is 23.0 Å². The number of hydrogen-bond donors (Lipinski definition) is 1. The van der Waals surface area contributed by atoms with E-state index in [-0.39, 0.29) is 11.9 Å². The third kappa shape index (κ3) is 3.61. The van der Waals surface area contributed by atoms with Crippen LogP contribution in [-0.2, 0) is 11.8 Å². The molecule has 124 valence electrons. The lowest BCUT2D eigenvalue weighted by atomic mass is 9.91. The van der Waals surface area contributed by atoms with Gasteiger partial charge in [-0.15, -0.1) is 0 Å². The van der Waals surface area contributed by atoms with Crippen molar-refractivity contribution in [3.05, 3.63) is 29.7 Å². The number of carbonyl (C=O) groups excluding carboxylic acids is 1. The molecule has 0 spiro atoms. The summed E-state index contributed by atoms with van der Waals surface area (Å²) < 4.78 is 6.88. The Hall–Kier alpha value is -2.15. The molecule has 7 heteroatoms. The molecule has 3 heterocycles. The summed E-state index contributed by atoms with van der Waals surface area (Å²) in [6.45, 7) is 5.57. The van der Waals surface area contributed by atoms with Gasteiger partial charge in [-0.3, -0.25) is 19.7 Å². The highest BCUT2D eigenvalue weighted by Crippen LogP contribution is 2.28. The molecule has 0 unspecified atom stereocenters. The summed E-state index contributed by atoms with van der Waals surface area (Å²) in [4.78, 5) is 14.5. The molecule has 2 aromatic rings. The number of anilines is 1. The van der Waals surface area contributed by atoms with Gasteiger partial charge in [-0.2, -0.15) is 5.10 Å². The Kier molecular flexibility index (Phi) is 4.47. The lowest BCUT2D eigenvalue weighted by Gasteiger charge is -2.34. The highest BCUT2D eigenvalue weighted by molar-refractivity contribution is 5.93. The topological polar surface area (TPSA) is 76.2 Å². The molecule has 1 N–H and O–H groups in total. The van der Waals surface area contributed by atoms with E-state index in [2.05, 4.69) is 26.7 Å². The van der Waals surface area contributed by atoms with Gasteiger partial charge in [0.15, 0.2) is 0 Å². The van der Waals surface area contributed by atoms with Gasteiger partial charge in [-0.1, -0.05) is 5.16 Å². The van der Waals surface area contributed by atoms with Crippen molar-refractivity contribution in [2.75, 3.05) is 18.4 Å². The van der Waals surface area contributed by atoms with Crippen molar-refractivity contribution in [3.63, 3.8) is 0 Å². The van der Waals surface area contributed by atoms with Crippen LogP contribution in [-0.4, -0.2) is 44.9 Å². The van der Waals surface area contributed by atoms with Crippen molar-refractivity contribution in [2.45, 2.75) is 38.6 Å². The van der Waals surface area contributed by atoms with E-state index in [9.17, 15) is 4.79 Å². The number of amides is 1. The van der Waals surface area contributed by atoms with E-state index >= 15 is 0 Å². The molecule has 23 heavy (non-hydrogen) atoms. The van der Waals surface area contributed by atoms with Crippen LogP contribution in [0.1, 0.15) is 36.9 Å². The van der Waals surface area contributed by atoms with Crippen molar-refractivity contribution in [1.82, 2.24) is 19.8 Å². The second-order valence-corrected chi connectivity index (χ2v) is 6.26. The molecule has 3 rings (SSSR count). The predicted molar refractivity (Wildman–Crippen MR) is 86.1 cm³/mol. The first-order valence-electron chi connectivity index (χ1n) is 7.99. The van der Waals surface area contributed by atoms with Gasteiger partial charge in [-0.05, 0) is 51.3 Å². The van der Waals surface area contributed by atoms with Gasteiger partial charge in [-0.25, -0.2) is 0 Å². The monoisotopic (exact) mass is 317 g/mol. The second-order valence-electron chi connectivity index (χ2n) is 6.26. The molecule has 1 atom stereocenters. The molecule has 1 aliphatic rings. The lowest BCUT2D eigenvalue weighted by Crippen LogP contribution is -2.45. The summed E-state index contributed by atoms with van der Waals surface area (Å²) in [5.74, 6) is 0.887. The first-order valence-corrected chi connectivity index (χ1v) is 7.99. The van der Waals surface area contributed by atoms with Crippen molar-refractivity contribution < 1.29 is 9.32 Å². The Morgan fingerprint density at radius 1 is 1.43 bits per heavy atom. The van der Waals surface area contributed by atoms with E-state index in [1.54, 1.807) is 6.07 Å². The predicted octanol–water partition coefficient (Wildman–Crippen LogP) is 1.92. The Balaban J connectivity index is 1.53. The van der Waals surface area contributed by atoms with Gasteiger partial charge in [0.25, 0.3) is 0 Å². The van der Waals surface area contributed by atoms with Crippen LogP contribution in [0, 0.1) is 6.92 Å². The van der Waals surface area contributed by atoms with Crippen molar-refractivity contribution >= 4 is 11.8 Å². The maximum Gasteiger partial charge on any atom is 0.243 e. The summed E-state index contributed by atoms with van der Waals surface area (Å²) in [5, 5.41) is 10.8. The minimum Gasteiger partial charge on any atom is -0.338 e. The Morgan fingerprint density at radius 2 is 2.17 bits per heavy atom. The van der Waals surface area contributed by atoms with Crippen molar-refractivity contribution in [3.8, 4) is 0 Å². The van der Waals surface area contributed by atoms with Crippen LogP contribution in [0.5, 0.6) is 0 Å². The molecule has 0 aromatic carbocycles. The average Bonchev–Trinajstić information content (AvgIpc) is 3.15. The fourth-order valence-corrected chi connectivity index (χ4v) is 3.09. The maximum absolute atomic E-state index is 12.3. The van der Waals surface area contributed by atoms with Crippen LogP contribution in [0.25, 0.3) is 0 Å². The van der Waals surface area contributed by atoms with Gasteiger partial charge in [0, 0.05) is 19.3 Å². The molecule has 1 fully saturated rings. The Labute approximate surface area is 135 Å². The number of aromatic nitrogens is 3. The first kappa shape index (κ1) is 15.7. The van der Waals surface area contributed by atoms with E-state index in [0.717, 1.165) is 31.6 Å². The fraction of sp³-hybridized carbons (Fsp3) is 0.562. The molecule has 7 nitrogen and oxygen atoms in total. The van der Waals surface area contributed by atoms with E-state index in [4.69, 9.17) is 4.52 Å². The fourth-order valence-electron chi connectivity index (χ4n) is 3.09. The highest BCUT2D eigenvalue weighted by Gasteiger charge is 2.28. The zero-order valence-corrected chi connectivity index (χ0v) is 13.8. The zero-order valence-electron chi connectivity index (χ0n) is 13.8. The molecular weight excluding hydrogens is 294 g/mol. The second kappa shape index (κ2) is 6.54. The maximum atomic E-state index is 12.3. The number of nitrogens with one attached hydrogen (secondary N) is 1. The van der Waals surface area contributed by atoms with E-state index < -0.39 is 0 Å². The largest absolute Gasteiger partial charge is 0.338 e. The minimum atomic E-state index is -0.185. The molecule has 0 aliphatic carbocycles. The minimum absolute atomic E-state index is 0.0547. The van der Waals surface area contributed by atoms with Crippen LogP contribution >= 0.6 is 0 Å². The van der Waals surface area contributed by atoms with E-state index in [1.807, 2.05) is 31.8 Å². The van der Waals surface area contributed by atoms with Crippen molar-refractivity contribution in [1.29, 1.82) is 0 Å². The number of piperidine rings is 1. The third-order valence-electron chi connectivity index (χ3n) is 4.53. The Morgan fingerprint density at radius 3 is 2.74 bits per heavy atom. The van der Waals surface area contributed by atoms with Crippen LogP contribution in [0.3, 0.4) is 0 Å². The van der Waals surface area contributed by atoms with Gasteiger partial charge >= 0.3 is 0 Å². The summed E-state index contributed by atoms with van der Waals surface area (Å²) in [7, 11) is 1.94. The molecule has 1 amide bonds. The van der Waals surface area contributed by atoms with Gasteiger partial charge in [0.05, 0.1) is 17.9 Å².